The fourth-order valence-corrected chi connectivity index (χ4v) is 3.29. The Balaban J connectivity index is 1.81. The van der Waals surface area contributed by atoms with Crippen molar-refractivity contribution >= 4 is 27.0 Å². The Morgan fingerprint density at radius 3 is 2.79 bits per heavy atom. The lowest BCUT2D eigenvalue weighted by Crippen LogP contribution is -2.32. The van der Waals surface area contributed by atoms with Crippen molar-refractivity contribution in [3.63, 3.8) is 0 Å². The minimum Gasteiger partial charge on any atom is -0.463 e. The molecule has 0 fully saturated rings. The van der Waals surface area contributed by atoms with Gasteiger partial charge in [0, 0.05) is 6.07 Å². The zero-order chi connectivity index (χ0) is 17.2. The van der Waals surface area contributed by atoms with E-state index < -0.39 is 21.7 Å². The van der Waals surface area contributed by atoms with E-state index in [2.05, 4.69) is 4.98 Å². The second kappa shape index (κ2) is 6.14. The van der Waals surface area contributed by atoms with Gasteiger partial charge in [-0.3, -0.25) is 4.79 Å². The molecular formula is C16H11N3O4S. The molecule has 0 saturated carbocycles. The Hall–Kier alpha value is -3.18. The minimum absolute atomic E-state index is 0.0407. The molecule has 120 valence electrons. The van der Waals surface area contributed by atoms with Crippen molar-refractivity contribution in [1.82, 2.24) is 9.71 Å². The van der Waals surface area contributed by atoms with Gasteiger partial charge in [0.2, 0.25) is 10.0 Å². The van der Waals surface area contributed by atoms with Crippen LogP contribution in [0, 0.1) is 11.3 Å². The first kappa shape index (κ1) is 15.7. The van der Waals surface area contributed by atoms with Crippen LogP contribution in [-0.4, -0.2) is 19.3 Å². The van der Waals surface area contributed by atoms with Gasteiger partial charge in [0.1, 0.15) is 11.2 Å². The van der Waals surface area contributed by atoms with Crippen molar-refractivity contribution in [2.24, 2.45) is 0 Å². The normalized spacial score (nSPS) is 11.1. The minimum atomic E-state index is -3.97. The van der Waals surface area contributed by atoms with Gasteiger partial charge in [-0.2, -0.15) is 5.26 Å². The van der Waals surface area contributed by atoms with Crippen LogP contribution in [0.2, 0.25) is 0 Å². The monoisotopic (exact) mass is 341 g/mol. The van der Waals surface area contributed by atoms with Crippen molar-refractivity contribution < 1.29 is 17.6 Å². The van der Waals surface area contributed by atoms with Crippen molar-refractivity contribution in [3.8, 4) is 6.07 Å². The molecule has 24 heavy (non-hydrogen) atoms. The number of fused-ring (bicyclic) bond motifs is 1. The number of nitrogens with one attached hydrogen (secondary N) is 1. The molecule has 2 heterocycles. The third-order valence-corrected chi connectivity index (χ3v) is 4.46. The molecule has 0 aliphatic carbocycles. The van der Waals surface area contributed by atoms with E-state index in [4.69, 9.17) is 9.68 Å². The van der Waals surface area contributed by atoms with E-state index in [0.717, 1.165) is 0 Å². The molecule has 1 aromatic carbocycles. The molecule has 0 aliphatic heterocycles. The first-order chi connectivity index (χ1) is 11.5. The molecule has 8 heteroatoms. The van der Waals surface area contributed by atoms with Crippen LogP contribution >= 0.6 is 0 Å². The Bertz CT molecular complexity index is 1060. The summed E-state index contributed by atoms with van der Waals surface area (Å²) in [6, 6.07) is 12.7. The summed E-state index contributed by atoms with van der Waals surface area (Å²) >= 11 is 0. The highest BCUT2D eigenvalue weighted by molar-refractivity contribution is 7.89. The first-order valence-electron chi connectivity index (χ1n) is 6.85. The number of nitriles is 1. The zero-order valence-electron chi connectivity index (χ0n) is 12.3. The molecule has 3 aromatic rings. The molecule has 0 bridgehead atoms. The highest BCUT2D eigenvalue weighted by Crippen LogP contribution is 2.14. The Morgan fingerprint density at radius 2 is 2.00 bits per heavy atom. The van der Waals surface area contributed by atoms with E-state index in [1.165, 1.54) is 30.5 Å². The predicted molar refractivity (Wildman–Crippen MR) is 85.3 cm³/mol. The SMILES string of the molecule is N#Cc1ccccc1CS(=O)(=O)NC(=O)c1ccc2occc2n1. The summed E-state index contributed by atoms with van der Waals surface area (Å²) in [6.07, 6.45) is 1.43. The third kappa shape index (κ3) is 3.26. The molecule has 0 unspecified atom stereocenters. The third-order valence-electron chi connectivity index (χ3n) is 3.27. The van der Waals surface area contributed by atoms with Crippen molar-refractivity contribution in [2.75, 3.05) is 0 Å². The maximum Gasteiger partial charge on any atom is 0.283 e. The van der Waals surface area contributed by atoms with Crippen LogP contribution in [0.1, 0.15) is 21.6 Å². The van der Waals surface area contributed by atoms with Crippen LogP contribution < -0.4 is 4.72 Å². The molecular weight excluding hydrogens is 330 g/mol. The standard InChI is InChI=1S/C16H11N3O4S/c17-9-11-3-1-2-4-12(11)10-24(21,22)19-16(20)14-5-6-15-13(18-14)7-8-23-15/h1-8H,10H2,(H,19,20). The number of nitrogens with zero attached hydrogens (tertiary/aromatic N) is 2. The number of furan rings is 1. The number of carbonyl (C=O) groups excluding carboxylic acids is 1. The summed E-state index contributed by atoms with van der Waals surface area (Å²) in [6.45, 7) is 0. The van der Waals surface area contributed by atoms with Gasteiger partial charge < -0.3 is 4.42 Å². The quantitative estimate of drug-likeness (QED) is 0.776. The molecule has 0 aliphatic rings. The van der Waals surface area contributed by atoms with Crippen LogP contribution in [0.5, 0.6) is 0 Å². The van der Waals surface area contributed by atoms with E-state index in [1.807, 2.05) is 10.8 Å². The van der Waals surface area contributed by atoms with Crippen LogP contribution in [0.15, 0.2) is 53.1 Å². The number of sulfonamides is 1. The van der Waals surface area contributed by atoms with Crippen molar-refractivity contribution in [3.05, 3.63) is 65.5 Å². The number of hydrogen-bond donors (Lipinski definition) is 1. The Labute approximate surface area is 137 Å². The van der Waals surface area contributed by atoms with Gasteiger partial charge in [0.15, 0.2) is 5.58 Å². The molecule has 0 spiro atoms. The molecule has 0 radical (unpaired) electrons. The van der Waals surface area contributed by atoms with Crippen molar-refractivity contribution in [2.45, 2.75) is 5.75 Å². The average molecular weight is 341 g/mol. The fourth-order valence-electron chi connectivity index (χ4n) is 2.17. The molecule has 0 atom stereocenters. The molecule has 3 rings (SSSR count). The second-order valence-electron chi connectivity index (χ2n) is 4.96. The number of carbonyl (C=O) groups is 1. The van der Waals surface area contributed by atoms with Crippen molar-refractivity contribution in [1.29, 1.82) is 5.26 Å². The summed E-state index contributed by atoms with van der Waals surface area (Å²) < 4.78 is 31.4. The largest absolute Gasteiger partial charge is 0.463 e. The fraction of sp³-hybridized carbons (Fsp3) is 0.0625. The van der Waals surface area contributed by atoms with Crippen LogP contribution in [0.3, 0.4) is 0 Å². The van der Waals surface area contributed by atoms with Gasteiger partial charge in [-0.25, -0.2) is 18.1 Å². The maximum absolute atomic E-state index is 12.2. The average Bonchev–Trinajstić information content (AvgIpc) is 3.02. The van der Waals surface area contributed by atoms with E-state index >= 15 is 0 Å². The van der Waals surface area contributed by atoms with Crippen LogP contribution in [0.4, 0.5) is 0 Å². The zero-order valence-corrected chi connectivity index (χ0v) is 13.1. The lowest BCUT2D eigenvalue weighted by molar-refractivity contribution is 0.0977. The summed E-state index contributed by atoms with van der Waals surface area (Å²) in [5.41, 5.74) is 1.47. The summed E-state index contributed by atoms with van der Waals surface area (Å²) in [4.78, 5) is 16.2. The lowest BCUT2D eigenvalue weighted by Gasteiger charge is -2.07. The topological polar surface area (TPSA) is 113 Å². The molecule has 1 amide bonds. The summed E-state index contributed by atoms with van der Waals surface area (Å²) in [5.74, 6) is -1.32. The Kier molecular flexibility index (Phi) is 4.02. The van der Waals surface area contributed by atoms with E-state index in [1.54, 1.807) is 18.2 Å². The van der Waals surface area contributed by atoms with Gasteiger partial charge in [0.05, 0.1) is 23.6 Å². The number of amides is 1. The molecule has 0 saturated heterocycles. The van der Waals surface area contributed by atoms with Gasteiger partial charge in [-0.15, -0.1) is 0 Å². The molecule has 2 aromatic heterocycles. The number of rotatable bonds is 4. The highest BCUT2D eigenvalue weighted by Gasteiger charge is 2.19. The van der Waals surface area contributed by atoms with Crippen LogP contribution in [-0.2, 0) is 15.8 Å². The number of aromatic nitrogens is 1. The Morgan fingerprint density at radius 1 is 1.21 bits per heavy atom. The smallest absolute Gasteiger partial charge is 0.283 e. The van der Waals surface area contributed by atoms with Gasteiger partial charge in [-0.05, 0) is 23.8 Å². The lowest BCUT2D eigenvalue weighted by atomic mass is 10.1. The van der Waals surface area contributed by atoms with Gasteiger partial charge in [-0.1, -0.05) is 18.2 Å². The van der Waals surface area contributed by atoms with Gasteiger partial charge in [0.25, 0.3) is 5.91 Å². The van der Waals surface area contributed by atoms with E-state index in [9.17, 15) is 13.2 Å². The summed E-state index contributed by atoms with van der Waals surface area (Å²) in [5, 5.41) is 9.00. The molecule has 1 N–H and O–H groups in total. The number of hydrogen-bond acceptors (Lipinski definition) is 6. The van der Waals surface area contributed by atoms with E-state index in [-0.39, 0.29) is 11.3 Å². The van der Waals surface area contributed by atoms with E-state index in [0.29, 0.717) is 16.7 Å². The van der Waals surface area contributed by atoms with Crippen LogP contribution in [0.25, 0.3) is 11.1 Å². The second-order valence-corrected chi connectivity index (χ2v) is 6.68. The highest BCUT2D eigenvalue weighted by atomic mass is 32.2. The maximum atomic E-state index is 12.2. The first-order valence-corrected chi connectivity index (χ1v) is 8.51. The number of pyridine rings is 1. The predicted octanol–water partition coefficient (Wildman–Crippen LogP) is 1.96. The van der Waals surface area contributed by atoms with Gasteiger partial charge >= 0.3 is 0 Å². The summed E-state index contributed by atoms with van der Waals surface area (Å²) in [7, 11) is -3.97. The number of benzene rings is 1. The molecule has 7 nitrogen and oxygen atoms in total.